The zero-order valence-electron chi connectivity index (χ0n) is 20.7. The molecule has 2 aromatic carbocycles. The third-order valence-corrected chi connectivity index (χ3v) is 6.90. The van der Waals surface area contributed by atoms with Gasteiger partial charge in [0.2, 0.25) is 11.8 Å². The van der Waals surface area contributed by atoms with Crippen molar-refractivity contribution in [1.29, 1.82) is 0 Å². The number of benzene rings is 2. The Bertz CT molecular complexity index is 1320. The van der Waals surface area contributed by atoms with Gasteiger partial charge in [0.25, 0.3) is 5.91 Å². The minimum atomic E-state index is -0.238. The summed E-state index contributed by atoms with van der Waals surface area (Å²) in [6.45, 7) is 12.5. The molecule has 0 saturated heterocycles. The van der Waals surface area contributed by atoms with E-state index in [0.717, 1.165) is 24.3 Å². The Balaban J connectivity index is 1.41. The third-order valence-electron chi connectivity index (χ3n) is 6.60. The third kappa shape index (κ3) is 4.34. The van der Waals surface area contributed by atoms with Gasteiger partial charge in [0.05, 0.1) is 10.7 Å². The molecule has 3 heterocycles. The standard InChI is InChI=1S/C27H30ClN5O2/c1-26(2,3)20-7-6-8-21(28)22(20)33-15-35-23-18(24(33)34)13-30-25(32-23)31-17-9-10-19-16(11-17)12-29-14-27(19,4)5/h6-11,13,29H,12,14-15H2,1-5H3,(H,30,31,32). The summed E-state index contributed by atoms with van der Waals surface area (Å²) < 4.78 is 5.93. The highest BCUT2D eigenvalue weighted by molar-refractivity contribution is 6.34. The number of hydrogen-bond donors (Lipinski definition) is 2. The second-order valence-corrected chi connectivity index (χ2v) is 11.2. The highest BCUT2D eigenvalue weighted by Gasteiger charge is 2.33. The van der Waals surface area contributed by atoms with E-state index in [1.165, 1.54) is 17.3 Å². The van der Waals surface area contributed by atoms with Crippen molar-refractivity contribution in [2.75, 3.05) is 23.5 Å². The van der Waals surface area contributed by atoms with Crippen LogP contribution in [-0.4, -0.2) is 29.2 Å². The summed E-state index contributed by atoms with van der Waals surface area (Å²) in [5, 5.41) is 7.23. The molecule has 8 heteroatoms. The molecule has 7 nitrogen and oxygen atoms in total. The second-order valence-electron chi connectivity index (χ2n) is 10.8. The second kappa shape index (κ2) is 8.50. The Kier molecular flexibility index (Phi) is 5.73. The fraction of sp³-hybridized carbons (Fsp3) is 0.370. The molecule has 0 saturated carbocycles. The minimum Gasteiger partial charge on any atom is -0.455 e. The van der Waals surface area contributed by atoms with E-state index in [9.17, 15) is 4.79 Å². The van der Waals surface area contributed by atoms with Crippen molar-refractivity contribution in [3.63, 3.8) is 0 Å². The highest BCUT2D eigenvalue weighted by Crippen LogP contribution is 2.40. The van der Waals surface area contributed by atoms with Crippen LogP contribution >= 0.6 is 11.6 Å². The molecule has 2 N–H and O–H groups in total. The molecule has 0 bridgehead atoms. The van der Waals surface area contributed by atoms with Crippen LogP contribution in [0.2, 0.25) is 5.02 Å². The van der Waals surface area contributed by atoms with Gasteiger partial charge in [0.15, 0.2) is 6.73 Å². The Morgan fingerprint density at radius 2 is 2.00 bits per heavy atom. The molecule has 1 aromatic heterocycles. The van der Waals surface area contributed by atoms with Crippen molar-refractivity contribution >= 4 is 34.8 Å². The molecule has 1 amide bonds. The highest BCUT2D eigenvalue weighted by atomic mass is 35.5. The predicted octanol–water partition coefficient (Wildman–Crippen LogP) is 5.55. The number of nitrogens with zero attached hydrogens (tertiary/aromatic N) is 3. The smallest absolute Gasteiger partial charge is 0.268 e. The van der Waals surface area contributed by atoms with Crippen LogP contribution in [0.1, 0.15) is 61.7 Å². The summed E-state index contributed by atoms with van der Waals surface area (Å²) in [5.74, 6) is 0.397. The number of aromatic nitrogens is 2. The first-order valence-corrected chi connectivity index (χ1v) is 12.1. The number of para-hydroxylation sites is 1. The van der Waals surface area contributed by atoms with Gasteiger partial charge in [-0.05, 0) is 40.3 Å². The summed E-state index contributed by atoms with van der Waals surface area (Å²) in [5.41, 5.74) is 5.29. The van der Waals surface area contributed by atoms with Crippen LogP contribution < -0.4 is 20.3 Å². The van der Waals surface area contributed by atoms with E-state index in [2.05, 4.69) is 67.4 Å². The largest absolute Gasteiger partial charge is 0.455 e. The molecule has 0 aliphatic carbocycles. The van der Waals surface area contributed by atoms with Crippen LogP contribution in [0.4, 0.5) is 17.3 Å². The number of ether oxygens (including phenoxy) is 1. The summed E-state index contributed by atoms with van der Waals surface area (Å²) in [6.07, 6.45) is 1.51. The Labute approximate surface area is 210 Å². The van der Waals surface area contributed by atoms with E-state index >= 15 is 0 Å². The predicted molar refractivity (Wildman–Crippen MR) is 139 cm³/mol. The van der Waals surface area contributed by atoms with Crippen molar-refractivity contribution in [2.24, 2.45) is 0 Å². The van der Waals surface area contributed by atoms with Crippen LogP contribution in [-0.2, 0) is 17.4 Å². The Morgan fingerprint density at radius 3 is 2.77 bits per heavy atom. The van der Waals surface area contributed by atoms with Gasteiger partial charge in [0.1, 0.15) is 5.56 Å². The number of amides is 1. The van der Waals surface area contributed by atoms with Gasteiger partial charge in [-0.15, -0.1) is 0 Å². The molecule has 35 heavy (non-hydrogen) atoms. The average Bonchev–Trinajstić information content (AvgIpc) is 2.79. The van der Waals surface area contributed by atoms with Gasteiger partial charge < -0.3 is 15.4 Å². The van der Waals surface area contributed by atoms with Crippen LogP contribution in [0.15, 0.2) is 42.6 Å². The maximum Gasteiger partial charge on any atom is 0.268 e. The number of fused-ring (bicyclic) bond motifs is 2. The van der Waals surface area contributed by atoms with Gasteiger partial charge in [-0.3, -0.25) is 9.69 Å². The normalized spacial score (nSPS) is 16.9. The number of rotatable bonds is 3. The van der Waals surface area contributed by atoms with E-state index in [4.69, 9.17) is 16.3 Å². The number of carbonyl (C=O) groups is 1. The van der Waals surface area contributed by atoms with Crippen LogP contribution in [0, 0.1) is 0 Å². The van der Waals surface area contributed by atoms with Crippen LogP contribution in [0.5, 0.6) is 5.88 Å². The quantitative estimate of drug-likeness (QED) is 0.500. The van der Waals surface area contributed by atoms with Crippen molar-refractivity contribution in [2.45, 2.75) is 52.0 Å². The fourth-order valence-corrected chi connectivity index (χ4v) is 5.06. The van der Waals surface area contributed by atoms with Crippen molar-refractivity contribution in [3.05, 3.63) is 69.9 Å². The zero-order valence-corrected chi connectivity index (χ0v) is 21.5. The molecule has 0 spiro atoms. The molecule has 0 unspecified atom stereocenters. The molecule has 0 radical (unpaired) electrons. The van der Waals surface area contributed by atoms with Crippen molar-refractivity contribution < 1.29 is 9.53 Å². The monoisotopic (exact) mass is 491 g/mol. The lowest BCUT2D eigenvalue weighted by Gasteiger charge is -2.33. The van der Waals surface area contributed by atoms with Crippen molar-refractivity contribution in [1.82, 2.24) is 15.3 Å². The Morgan fingerprint density at radius 1 is 1.20 bits per heavy atom. The summed E-state index contributed by atoms with van der Waals surface area (Å²) in [7, 11) is 0. The lowest BCUT2D eigenvalue weighted by atomic mass is 9.79. The molecule has 2 aliphatic heterocycles. The zero-order chi connectivity index (χ0) is 25.0. The van der Waals surface area contributed by atoms with Gasteiger partial charge in [-0.2, -0.15) is 4.98 Å². The van der Waals surface area contributed by atoms with Crippen molar-refractivity contribution in [3.8, 4) is 5.88 Å². The molecule has 182 valence electrons. The molecule has 3 aromatic rings. The van der Waals surface area contributed by atoms with E-state index in [1.807, 2.05) is 18.2 Å². The van der Waals surface area contributed by atoms with E-state index in [1.54, 1.807) is 11.0 Å². The maximum absolute atomic E-state index is 13.4. The molecule has 2 aliphatic rings. The first kappa shape index (κ1) is 23.6. The number of nitrogens with one attached hydrogen (secondary N) is 2. The summed E-state index contributed by atoms with van der Waals surface area (Å²) in [6, 6.07) is 12.0. The fourth-order valence-electron chi connectivity index (χ4n) is 4.79. The molecule has 0 atom stereocenters. The number of carbonyl (C=O) groups excluding carboxylic acids is 1. The number of halogens is 1. The number of anilines is 3. The first-order valence-electron chi connectivity index (χ1n) is 11.8. The van der Waals surface area contributed by atoms with Gasteiger partial charge in [-0.1, -0.05) is 64.4 Å². The lowest BCUT2D eigenvalue weighted by molar-refractivity contribution is 0.0932. The lowest BCUT2D eigenvalue weighted by Crippen LogP contribution is -2.40. The van der Waals surface area contributed by atoms with E-state index in [0.29, 0.717) is 22.2 Å². The SMILES string of the molecule is CC(C)(C)c1cccc(Cl)c1N1COc2nc(Nc3ccc4c(c3)CNCC4(C)C)ncc2C1=O. The van der Waals surface area contributed by atoms with Crippen LogP contribution in [0.3, 0.4) is 0 Å². The minimum absolute atomic E-state index is 0.0225. The maximum atomic E-state index is 13.4. The molecular formula is C27H30ClN5O2. The molecular weight excluding hydrogens is 462 g/mol. The number of hydrogen-bond acceptors (Lipinski definition) is 6. The van der Waals surface area contributed by atoms with E-state index in [-0.39, 0.29) is 29.3 Å². The Hall–Kier alpha value is -3.16. The average molecular weight is 492 g/mol. The summed E-state index contributed by atoms with van der Waals surface area (Å²) >= 11 is 6.55. The van der Waals surface area contributed by atoms with Gasteiger partial charge in [0, 0.05) is 30.4 Å². The van der Waals surface area contributed by atoms with Crippen LogP contribution in [0.25, 0.3) is 0 Å². The van der Waals surface area contributed by atoms with Gasteiger partial charge >= 0.3 is 0 Å². The topological polar surface area (TPSA) is 79.4 Å². The van der Waals surface area contributed by atoms with Gasteiger partial charge in [-0.25, -0.2) is 4.98 Å². The van der Waals surface area contributed by atoms with E-state index < -0.39 is 0 Å². The summed E-state index contributed by atoms with van der Waals surface area (Å²) in [4.78, 5) is 23.9. The molecule has 5 rings (SSSR count). The first-order chi connectivity index (χ1) is 16.5. The molecule has 0 fully saturated rings.